The smallest absolute Gasteiger partial charge is 0.227 e. The van der Waals surface area contributed by atoms with Crippen LogP contribution >= 0.6 is 0 Å². The van der Waals surface area contributed by atoms with Crippen LogP contribution in [0, 0.1) is 0 Å². The van der Waals surface area contributed by atoms with Crippen LogP contribution in [0.5, 0.6) is 0 Å². The van der Waals surface area contributed by atoms with Crippen LogP contribution in [0.25, 0.3) is 77.5 Å². The largest absolute Gasteiger partial charge is 0.456 e. The molecule has 2 aromatic heterocycles. The van der Waals surface area contributed by atoms with Gasteiger partial charge < -0.3 is 13.7 Å². The van der Waals surface area contributed by atoms with Gasteiger partial charge in [0, 0.05) is 45.0 Å². The number of anilines is 3. The van der Waals surface area contributed by atoms with E-state index in [-0.39, 0.29) is 0 Å². The van der Waals surface area contributed by atoms with Crippen LogP contribution in [0.15, 0.2) is 191 Å². The first-order chi connectivity index (χ1) is 25.3. The van der Waals surface area contributed by atoms with Crippen LogP contribution < -0.4 is 4.90 Å². The van der Waals surface area contributed by atoms with Gasteiger partial charge in [-0.3, -0.25) is 0 Å². The molecule has 10 aromatic rings. The summed E-state index contributed by atoms with van der Waals surface area (Å²) in [6.45, 7) is 0. The first kappa shape index (κ1) is 29.0. The lowest BCUT2D eigenvalue weighted by atomic mass is 9.97. The van der Waals surface area contributed by atoms with E-state index in [1.54, 1.807) is 0 Å². The summed E-state index contributed by atoms with van der Waals surface area (Å²) in [5.74, 6) is 0.585. The molecule has 51 heavy (non-hydrogen) atoms. The van der Waals surface area contributed by atoms with Crippen molar-refractivity contribution >= 4 is 60.9 Å². The zero-order chi connectivity index (χ0) is 33.7. The van der Waals surface area contributed by atoms with Crippen molar-refractivity contribution in [3.05, 3.63) is 182 Å². The van der Waals surface area contributed by atoms with Gasteiger partial charge in [0.2, 0.25) is 5.89 Å². The maximum atomic E-state index is 6.40. The molecule has 0 spiro atoms. The number of rotatable bonds is 6. The highest BCUT2D eigenvalue weighted by Gasteiger charge is 2.22. The number of nitrogens with zero attached hydrogens (tertiary/aromatic N) is 2. The highest BCUT2D eigenvalue weighted by molar-refractivity contribution is 6.19. The average Bonchev–Trinajstić information content (AvgIpc) is 3.80. The number of para-hydroxylation sites is 1. The minimum atomic E-state index is 0.585. The third-order valence-corrected chi connectivity index (χ3v) is 9.68. The van der Waals surface area contributed by atoms with Crippen LogP contribution in [-0.2, 0) is 0 Å². The van der Waals surface area contributed by atoms with Crippen molar-refractivity contribution in [1.82, 2.24) is 4.98 Å². The lowest BCUT2D eigenvalue weighted by molar-refractivity contribution is 0.617. The summed E-state index contributed by atoms with van der Waals surface area (Å²) >= 11 is 0. The Morgan fingerprint density at radius 3 is 1.73 bits per heavy atom. The number of hydrogen-bond acceptors (Lipinski definition) is 4. The first-order valence-electron chi connectivity index (χ1n) is 17.1. The van der Waals surface area contributed by atoms with Gasteiger partial charge in [0.05, 0.1) is 0 Å². The van der Waals surface area contributed by atoms with Gasteiger partial charge in [0.25, 0.3) is 0 Å². The van der Waals surface area contributed by atoms with Gasteiger partial charge in [0.15, 0.2) is 5.58 Å². The van der Waals surface area contributed by atoms with E-state index in [0.717, 1.165) is 61.2 Å². The summed E-state index contributed by atoms with van der Waals surface area (Å²) in [5, 5.41) is 4.48. The Morgan fingerprint density at radius 2 is 0.980 bits per heavy atom. The van der Waals surface area contributed by atoms with Crippen LogP contribution in [-0.4, -0.2) is 4.98 Å². The summed E-state index contributed by atoms with van der Waals surface area (Å²) in [4.78, 5) is 7.41. The minimum absolute atomic E-state index is 0.585. The first-order valence-corrected chi connectivity index (χ1v) is 17.1. The zero-order valence-corrected chi connectivity index (χ0v) is 27.5. The third-order valence-electron chi connectivity index (χ3n) is 9.68. The highest BCUT2D eigenvalue weighted by Crippen LogP contribution is 2.44. The van der Waals surface area contributed by atoms with Crippen molar-refractivity contribution in [2.45, 2.75) is 0 Å². The molecular formula is C47H30N2O2. The molecule has 0 atom stereocenters. The fourth-order valence-corrected chi connectivity index (χ4v) is 7.23. The van der Waals surface area contributed by atoms with Gasteiger partial charge in [-0.25, -0.2) is 4.98 Å². The Bertz CT molecular complexity index is 2840. The maximum Gasteiger partial charge on any atom is 0.227 e. The maximum absolute atomic E-state index is 6.40. The van der Waals surface area contributed by atoms with Gasteiger partial charge in [-0.15, -0.1) is 0 Å². The van der Waals surface area contributed by atoms with Crippen molar-refractivity contribution in [3.8, 4) is 33.7 Å². The SMILES string of the molecule is c1ccc(-c2ccc(N(c3ccc(-c4c5nc(-c6ccccc6)oc5cc5oc6ccccc6c45)cc3)c3ccc4ccccc4c3)cc2)cc1. The molecule has 8 aromatic carbocycles. The molecule has 240 valence electrons. The molecule has 4 nitrogen and oxygen atoms in total. The van der Waals surface area contributed by atoms with Crippen LogP contribution in [0.3, 0.4) is 0 Å². The van der Waals surface area contributed by atoms with E-state index in [1.807, 2.05) is 54.6 Å². The quantitative estimate of drug-likeness (QED) is 0.179. The van der Waals surface area contributed by atoms with Gasteiger partial charge in [-0.2, -0.15) is 0 Å². The summed E-state index contributed by atoms with van der Waals surface area (Å²) < 4.78 is 12.8. The normalized spacial score (nSPS) is 11.5. The van der Waals surface area contributed by atoms with Gasteiger partial charge in [-0.1, -0.05) is 121 Å². The van der Waals surface area contributed by atoms with Crippen LogP contribution in [0.1, 0.15) is 0 Å². The molecule has 0 aliphatic heterocycles. The number of fused-ring (bicyclic) bond motifs is 5. The lowest BCUT2D eigenvalue weighted by Crippen LogP contribution is -2.09. The highest BCUT2D eigenvalue weighted by atomic mass is 16.4. The number of aromatic nitrogens is 1. The molecule has 0 unspecified atom stereocenters. The second-order valence-electron chi connectivity index (χ2n) is 12.8. The Balaban J connectivity index is 1.14. The Morgan fingerprint density at radius 1 is 0.392 bits per heavy atom. The molecule has 0 fully saturated rings. The second-order valence-corrected chi connectivity index (χ2v) is 12.8. The molecule has 0 saturated heterocycles. The molecule has 4 heteroatoms. The predicted octanol–water partition coefficient (Wildman–Crippen LogP) is 13.4. The molecule has 0 amide bonds. The summed E-state index contributed by atoms with van der Waals surface area (Å²) in [6.07, 6.45) is 0. The monoisotopic (exact) mass is 654 g/mol. The number of benzene rings is 8. The molecular weight excluding hydrogens is 625 g/mol. The molecule has 0 radical (unpaired) electrons. The third kappa shape index (κ3) is 5.04. The van der Waals surface area contributed by atoms with Crippen molar-refractivity contribution in [2.75, 3.05) is 4.90 Å². The van der Waals surface area contributed by atoms with E-state index in [2.05, 4.69) is 132 Å². The molecule has 0 bridgehead atoms. The fourth-order valence-electron chi connectivity index (χ4n) is 7.23. The van der Waals surface area contributed by atoms with Crippen molar-refractivity contribution < 1.29 is 8.83 Å². The van der Waals surface area contributed by atoms with Gasteiger partial charge in [0.1, 0.15) is 16.7 Å². The Kier molecular flexibility index (Phi) is 6.78. The van der Waals surface area contributed by atoms with E-state index < -0.39 is 0 Å². The van der Waals surface area contributed by atoms with Crippen molar-refractivity contribution in [2.24, 2.45) is 0 Å². The average molecular weight is 655 g/mol. The van der Waals surface area contributed by atoms with E-state index in [0.29, 0.717) is 11.5 Å². The Labute approximate surface area is 294 Å². The number of furan rings is 1. The number of oxazole rings is 1. The van der Waals surface area contributed by atoms with E-state index in [4.69, 9.17) is 13.8 Å². The van der Waals surface area contributed by atoms with Gasteiger partial charge in [-0.05, 0) is 82.1 Å². The summed E-state index contributed by atoms with van der Waals surface area (Å²) in [7, 11) is 0. The molecule has 10 rings (SSSR count). The molecule has 0 N–H and O–H groups in total. The summed E-state index contributed by atoms with van der Waals surface area (Å²) in [5.41, 5.74) is 11.7. The molecule has 0 aliphatic rings. The number of hydrogen-bond donors (Lipinski definition) is 0. The van der Waals surface area contributed by atoms with E-state index >= 15 is 0 Å². The molecule has 2 heterocycles. The molecule has 0 saturated carbocycles. The second kappa shape index (κ2) is 11.9. The lowest BCUT2D eigenvalue weighted by Gasteiger charge is -2.26. The summed E-state index contributed by atoms with van der Waals surface area (Å²) in [6, 6.07) is 63.4. The van der Waals surface area contributed by atoms with E-state index in [9.17, 15) is 0 Å². The fraction of sp³-hybridized carbons (Fsp3) is 0. The van der Waals surface area contributed by atoms with Crippen LogP contribution in [0.4, 0.5) is 17.1 Å². The topological polar surface area (TPSA) is 42.4 Å². The van der Waals surface area contributed by atoms with Gasteiger partial charge >= 0.3 is 0 Å². The van der Waals surface area contributed by atoms with Crippen LogP contribution in [0.2, 0.25) is 0 Å². The van der Waals surface area contributed by atoms with E-state index in [1.165, 1.54) is 21.9 Å². The molecule has 0 aliphatic carbocycles. The van der Waals surface area contributed by atoms with Crippen molar-refractivity contribution in [3.63, 3.8) is 0 Å². The standard InChI is InChI=1S/C47H30N2O2/c1-3-11-31(12-4-1)33-19-24-37(25-20-33)49(39-28-21-32-13-7-8-16-36(32)29-39)38-26-22-34(23-27-38)44-45-40-17-9-10-18-41(40)50-42(45)30-43-46(44)48-47(51-43)35-14-5-2-6-15-35/h1-30H. The Hall–Kier alpha value is -6.91. The predicted molar refractivity (Wildman–Crippen MR) is 210 cm³/mol. The van der Waals surface area contributed by atoms with Crippen molar-refractivity contribution in [1.29, 1.82) is 0 Å². The zero-order valence-electron chi connectivity index (χ0n) is 27.5. The minimum Gasteiger partial charge on any atom is -0.456 e.